The van der Waals surface area contributed by atoms with Crippen LogP contribution in [0.5, 0.6) is 0 Å². The highest BCUT2D eigenvalue weighted by Crippen LogP contribution is 2.24. The minimum Gasteiger partial charge on any atom is -0.370 e. The quantitative estimate of drug-likeness (QED) is 0.875. The first-order chi connectivity index (χ1) is 8.70. The van der Waals surface area contributed by atoms with Crippen molar-refractivity contribution < 1.29 is 0 Å². The maximum absolute atomic E-state index is 3.72. The van der Waals surface area contributed by atoms with E-state index in [0.717, 1.165) is 25.6 Å². The number of benzene rings is 1. The van der Waals surface area contributed by atoms with Gasteiger partial charge in [0.2, 0.25) is 0 Å². The maximum Gasteiger partial charge on any atom is 0.0412 e. The Morgan fingerprint density at radius 3 is 2.83 bits per heavy atom. The monoisotopic (exact) mass is 246 g/mol. The average Bonchev–Trinajstić information content (AvgIpc) is 2.50. The van der Waals surface area contributed by atoms with Crippen molar-refractivity contribution in [1.82, 2.24) is 5.32 Å². The number of fused-ring (bicyclic) bond motifs is 1. The standard InChI is InChI=1S/C16H26N2/c1-4-9-18-12-15(10-13(2)3)17-11-14-7-5-6-8-16(14)18/h5-8,13,15,17H,4,9-12H2,1-3H3. The topological polar surface area (TPSA) is 15.3 Å². The summed E-state index contributed by atoms with van der Waals surface area (Å²) in [5.41, 5.74) is 2.87. The van der Waals surface area contributed by atoms with E-state index in [1.165, 1.54) is 24.1 Å². The van der Waals surface area contributed by atoms with Crippen LogP contribution in [0.1, 0.15) is 39.2 Å². The van der Waals surface area contributed by atoms with E-state index in [9.17, 15) is 0 Å². The van der Waals surface area contributed by atoms with E-state index in [0.29, 0.717) is 6.04 Å². The number of rotatable bonds is 4. The third-order valence-corrected chi connectivity index (χ3v) is 3.60. The molecule has 1 aromatic carbocycles. The van der Waals surface area contributed by atoms with E-state index in [4.69, 9.17) is 0 Å². The van der Waals surface area contributed by atoms with Crippen LogP contribution in [0.4, 0.5) is 5.69 Å². The SMILES string of the molecule is CCCN1CC(CC(C)C)NCc2ccccc21. The van der Waals surface area contributed by atoms with Crippen LogP contribution >= 0.6 is 0 Å². The van der Waals surface area contributed by atoms with Crippen LogP contribution in [0.3, 0.4) is 0 Å². The van der Waals surface area contributed by atoms with Crippen LogP contribution in [0.2, 0.25) is 0 Å². The number of hydrogen-bond acceptors (Lipinski definition) is 2. The zero-order valence-electron chi connectivity index (χ0n) is 11.9. The van der Waals surface area contributed by atoms with Gasteiger partial charge in [0.25, 0.3) is 0 Å². The van der Waals surface area contributed by atoms with Gasteiger partial charge in [0.05, 0.1) is 0 Å². The molecule has 0 radical (unpaired) electrons. The van der Waals surface area contributed by atoms with Crippen molar-refractivity contribution in [2.24, 2.45) is 5.92 Å². The van der Waals surface area contributed by atoms with Gasteiger partial charge >= 0.3 is 0 Å². The Bertz CT molecular complexity index is 373. The van der Waals surface area contributed by atoms with Crippen LogP contribution in [0, 0.1) is 5.92 Å². The summed E-state index contributed by atoms with van der Waals surface area (Å²) in [4.78, 5) is 2.56. The molecule has 0 saturated heterocycles. The van der Waals surface area contributed by atoms with Gasteiger partial charge in [-0.3, -0.25) is 0 Å². The maximum atomic E-state index is 3.72. The Hall–Kier alpha value is -1.02. The molecule has 0 bridgehead atoms. The van der Waals surface area contributed by atoms with Crippen molar-refractivity contribution >= 4 is 5.69 Å². The summed E-state index contributed by atoms with van der Waals surface area (Å²) in [5.74, 6) is 0.757. The molecule has 2 rings (SSSR count). The zero-order valence-corrected chi connectivity index (χ0v) is 11.9. The van der Waals surface area contributed by atoms with E-state index in [-0.39, 0.29) is 0 Å². The first kappa shape index (κ1) is 13.4. The highest BCUT2D eigenvalue weighted by atomic mass is 15.2. The molecule has 0 fully saturated rings. The van der Waals surface area contributed by atoms with Crippen LogP contribution in [0.25, 0.3) is 0 Å². The van der Waals surface area contributed by atoms with Crippen molar-refractivity contribution in [2.75, 3.05) is 18.0 Å². The van der Waals surface area contributed by atoms with Gasteiger partial charge in [-0.2, -0.15) is 0 Å². The van der Waals surface area contributed by atoms with Crippen LogP contribution < -0.4 is 10.2 Å². The normalized spacial score (nSPS) is 19.8. The molecule has 2 nitrogen and oxygen atoms in total. The second kappa shape index (κ2) is 6.24. The molecule has 1 aliphatic rings. The molecule has 0 saturated carbocycles. The fourth-order valence-electron chi connectivity index (χ4n) is 2.86. The number of anilines is 1. The predicted molar refractivity (Wildman–Crippen MR) is 79.0 cm³/mol. The molecular weight excluding hydrogens is 220 g/mol. The Morgan fingerprint density at radius 1 is 1.33 bits per heavy atom. The third-order valence-electron chi connectivity index (χ3n) is 3.60. The highest BCUT2D eigenvalue weighted by Gasteiger charge is 2.21. The molecule has 100 valence electrons. The molecule has 18 heavy (non-hydrogen) atoms. The van der Waals surface area contributed by atoms with E-state index >= 15 is 0 Å². The fraction of sp³-hybridized carbons (Fsp3) is 0.625. The molecule has 0 amide bonds. The molecule has 1 heterocycles. The summed E-state index contributed by atoms with van der Waals surface area (Å²) in [5, 5.41) is 3.72. The Morgan fingerprint density at radius 2 is 2.11 bits per heavy atom. The number of hydrogen-bond donors (Lipinski definition) is 1. The van der Waals surface area contributed by atoms with Crippen LogP contribution in [0.15, 0.2) is 24.3 Å². The van der Waals surface area contributed by atoms with Crippen molar-refractivity contribution in [3.05, 3.63) is 29.8 Å². The average molecular weight is 246 g/mol. The largest absolute Gasteiger partial charge is 0.370 e. The van der Waals surface area contributed by atoms with E-state index in [1.807, 2.05) is 0 Å². The molecule has 1 aliphatic heterocycles. The van der Waals surface area contributed by atoms with Crippen molar-refractivity contribution in [2.45, 2.75) is 46.2 Å². The molecule has 1 unspecified atom stereocenters. The Labute approximate surface area is 111 Å². The van der Waals surface area contributed by atoms with Gasteiger partial charge in [0, 0.05) is 31.4 Å². The molecule has 0 aromatic heterocycles. The molecular formula is C16H26N2. The van der Waals surface area contributed by atoms with E-state index < -0.39 is 0 Å². The molecule has 2 heteroatoms. The highest BCUT2D eigenvalue weighted by molar-refractivity contribution is 5.54. The summed E-state index contributed by atoms with van der Waals surface area (Å²) < 4.78 is 0. The lowest BCUT2D eigenvalue weighted by atomic mass is 10.0. The van der Waals surface area contributed by atoms with E-state index in [1.54, 1.807) is 0 Å². The van der Waals surface area contributed by atoms with Gasteiger partial charge in [0.15, 0.2) is 0 Å². The first-order valence-corrected chi connectivity index (χ1v) is 7.27. The van der Waals surface area contributed by atoms with Crippen LogP contribution in [-0.4, -0.2) is 19.1 Å². The summed E-state index contributed by atoms with van der Waals surface area (Å²) in [6.07, 6.45) is 2.47. The molecule has 1 aromatic rings. The summed E-state index contributed by atoms with van der Waals surface area (Å²) >= 11 is 0. The van der Waals surface area contributed by atoms with Gasteiger partial charge < -0.3 is 10.2 Å². The van der Waals surface area contributed by atoms with Crippen LogP contribution in [-0.2, 0) is 6.54 Å². The number of para-hydroxylation sites is 1. The summed E-state index contributed by atoms with van der Waals surface area (Å²) in [6.45, 7) is 10.2. The molecule has 1 atom stereocenters. The minimum atomic E-state index is 0.615. The summed E-state index contributed by atoms with van der Waals surface area (Å²) in [7, 11) is 0. The second-order valence-corrected chi connectivity index (χ2v) is 5.78. The van der Waals surface area contributed by atoms with Gasteiger partial charge in [-0.1, -0.05) is 39.0 Å². The molecule has 1 N–H and O–H groups in total. The lowest BCUT2D eigenvalue weighted by molar-refractivity contribution is 0.422. The zero-order chi connectivity index (χ0) is 13.0. The number of nitrogens with zero attached hydrogens (tertiary/aromatic N) is 1. The lowest BCUT2D eigenvalue weighted by Crippen LogP contribution is -2.39. The lowest BCUT2D eigenvalue weighted by Gasteiger charge is -2.28. The fourth-order valence-corrected chi connectivity index (χ4v) is 2.86. The molecule has 0 aliphatic carbocycles. The van der Waals surface area contributed by atoms with Crippen molar-refractivity contribution in [3.63, 3.8) is 0 Å². The van der Waals surface area contributed by atoms with Gasteiger partial charge in [-0.05, 0) is 30.4 Å². The predicted octanol–water partition coefficient (Wildman–Crippen LogP) is 3.42. The number of nitrogens with one attached hydrogen (secondary N) is 1. The Kier molecular flexibility index (Phi) is 4.65. The van der Waals surface area contributed by atoms with Crippen molar-refractivity contribution in [3.8, 4) is 0 Å². The second-order valence-electron chi connectivity index (χ2n) is 5.78. The smallest absolute Gasteiger partial charge is 0.0412 e. The summed E-state index contributed by atoms with van der Waals surface area (Å²) in [6, 6.07) is 9.44. The van der Waals surface area contributed by atoms with Crippen molar-refractivity contribution in [1.29, 1.82) is 0 Å². The molecule has 0 spiro atoms. The minimum absolute atomic E-state index is 0.615. The van der Waals surface area contributed by atoms with Gasteiger partial charge in [0.1, 0.15) is 0 Å². The van der Waals surface area contributed by atoms with Gasteiger partial charge in [-0.25, -0.2) is 0 Å². The third kappa shape index (κ3) is 3.26. The van der Waals surface area contributed by atoms with E-state index in [2.05, 4.69) is 55.3 Å². The first-order valence-electron chi connectivity index (χ1n) is 7.27. The van der Waals surface area contributed by atoms with Gasteiger partial charge in [-0.15, -0.1) is 0 Å². The Balaban J connectivity index is 2.17.